The number of para-hydroxylation sites is 1. The van der Waals surface area contributed by atoms with Gasteiger partial charge in [0, 0.05) is 6.54 Å². The van der Waals surface area contributed by atoms with Crippen molar-refractivity contribution in [3.63, 3.8) is 0 Å². The van der Waals surface area contributed by atoms with Gasteiger partial charge in [0.15, 0.2) is 0 Å². The van der Waals surface area contributed by atoms with E-state index in [9.17, 15) is 4.79 Å². The molecule has 1 saturated carbocycles. The summed E-state index contributed by atoms with van der Waals surface area (Å²) in [7, 11) is 0. The average molecular weight is 245 g/mol. The van der Waals surface area contributed by atoms with Crippen molar-refractivity contribution in [1.29, 1.82) is 0 Å². The fourth-order valence-corrected chi connectivity index (χ4v) is 2.92. The third-order valence-corrected chi connectivity index (χ3v) is 3.93. The Hall–Kier alpha value is -1.51. The second-order valence-electron chi connectivity index (χ2n) is 5.17. The summed E-state index contributed by atoms with van der Waals surface area (Å²) >= 11 is 0. The quantitative estimate of drug-likeness (QED) is 0.757. The minimum absolute atomic E-state index is 0.138. The van der Waals surface area contributed by atoms with Crippen LogP contribution < -0.4 is 4.90 Å². The van der Waals surface area contributed by atoms with Gasteiger partial charge in [-0.05, 0) is 43.7 Å². The number of ether oxygens (including phenoxy) is 1. The molecule has 3 heteroatoms. The lowest BCUT2D eigenvalue weighted by Crippen LogP contribution is -2.33. The summed E-state index contributed by atoms with van der Waals surface area (Å²) in [5.74, 6) is 0. The second kappa shape index (κ2) is 5.01. The molecule has 3 nitrogen and oxygen atoms in total. The lowest BCUT2D eigenvalue weighted by Gasteiger charge is -2.25. The molecule has 1 aromatic carbocycles. The predicted molar refractivity (Wildman–Crippen MR) is 70.8 cm³/mol. The molecular formula is C15H19NO2. The Kier molecular flexibility index (Phi) is 3.22. The van der Waals surface area contributed by atoms with Gasteiger partial charge in [-0.3, -0.25) is 4.90 Å². The van der Waals surface area contributed by atoms with Gasteiger partial charge in [-0.2, -0.15) is 0 Å². The molecule has 0 aromatic heterocycles. The van der Waals surface area contributed by atoms with Crippen LogP contribution in [0.3, 0.4) is 0 Å². The fourth-order valence-electron chi connectivity index (χ4n) is 2.92. The predicted octanol–water partition coefficient (Wildman–Crippen LogP) is 3.52. The van der Waals surface area contributed by atoms with E-state index in [4.69, 9.17) is 4.74 Å². The number of nitrogens with zero attached hydrogens (tertiary/aromatic N) is 1. The minimum Gasteiger partial charge on any atom is -0.446 e. The monoisotopic (exact) mass is 245 g/mol. The zero-order chi connectivity index (χ0) is 12.4. The summed E-state index contributed by atoms with van der Waals surface area (Å²) in [4.78, 5) is 14.0. The Balaban J connectivity index is 1.67. The smallest absolute Gasteiger partial charge is 0.414 e. The Labute approximate surface area is 108 Å². The molecule has 1 aromatic rings. The summed E-state index contributed by atoms with van der Waals surface area (Å²) in [5.41, 5.74) is 2.27. The lowest BCUT2D eigenvalue weighted by atomic mass is 9.98. The van der Waals surface area contributed by atoms with E-state index in [0.717, 1.165) is 31.5 Å². The third kappa shape index (κ3) is 2.22. The van der Waals surface area contributed by atoms with E-state index in [1.54, 1.807) is 4.90 Å². The maximum Gasteiger partial charge on any atom is 0.414 e. The molecule has 1 aliphatic heterocycles. The van der Waals surface area contributed by atoms with Crippen LogP contribution >= 0.6 is 0 Å². The number of amides is 1. The molecule has 1 fully saturated rings. The summed E-state index contributed by atoms with van der Waals surface area (Å²) in [5, 5.41) is 0. The van der Waals surface area contributed by atoms with Crippen LogP contribution in [0.2, 0.25) is 0 Å². The summed E-state index contributed by atoms with van der Waals surface area (Å²) in [6.07, 6.45) is 6.63. The molecule has 0 bridgehead atoms. The van der Waals surface area contributed by atoms with Gasteiger partial charge in [-0.1, -0.05) is 24.6 Å². The van der Waals surface area contributed by atoms with Crippen LogP contribution in [0.4, 0.5) is 10.5 Å². The Morgan fingerprint density at radius 3 is 2.78 bits per heavy atom. The van der Waals surface area contributed by atoms with E-state index < -0.39 is 0 Å². The number of hydrogen-bond donors (Lipinski definition) is 0. The molecule has 0 unspecified atom stereocenters. The normalized spacial score (nSPS) is 19.7. The van der Waals surface area contributed by atoms with Crippen LogP contribution in [-0.4, -0.2) is 18.7 Å². The van der Waals surface area contributed by atoms with Gasteiger partial charge in [0.1, 0.15) is 6.10 Å². The molecule has 1 amide bonds. The molecule has 0 spiro atoms. The van der Waals surface area contributed by atoms with E-state index >= 15 is 0 Å². The molecule has 0 saturated heterocycles. The number of anilines is 1. The highest BCUT2D eigenvalue weighted by Crippen LogP contribution is 2.29. The number of carbonyl (C=O) groups is 1. The van der Waals surface area contributed by atoms with Gasteiger partial charge in [0.2, 0.25) is 0 Å². The van der Waals surface area contributed by atoms with Crippen molar-refractivity contribution in [2.24, 2.45) is 0 Å². The van der Waals surface area contributed by atoms with Gasteiger partial charge in [0.25, 0.3) is 0 Å². The molecule has 0 atom stereocenters. The topological polar surface area (TPSA) is 29.5 Å². The maximum atomic E-state index is 12.2. The van der Waals surface area contributed by atoms with Crippen LogP contribution in [0.25, 0.3) is 0 Å². The first-order valence-corrected chi connectivity index (χ1v) is 6.90. The summed E-state index contributed by atoms with van der Waals surface area (Å²) in [6, 6.07) is 8.09. The number of carbonyl (C=O) groups excluding carboxylic acids is 1. The molecule has 3 rings (SSSR count). The van der Waals surface area contributed by atoms with E-state index in [-0.39, 0.29) is 12.2 Å². The van der Waals surface area contributed by atoms with Gasteiger partial charge in [-0.15, -0.1) is 0 Å². The van der Waals surface area contributed by atoms with Crippen molar-refractivity contribution >= 4 is 11.8 Å². The van der Waals surface area contributed by atoms with Gasteiger partial charge >= 0.3 is 6.09 Å². The van der Waals surface area contributed by atoms with Crippen molar-refractivity contribution in [1.82, 2.24) is 0 Å². The van der Waals surface area contributed by atoms with Crippen LogP contribution in [0.15, 0.2) is 24.3 Å². The van der Waals surface area contributed by atoms with Gasteiger partial charge in [-0.25, -0.2) is 4.79 Å². The van der Waals surface area contributed by atoms with Crippen LogP contribution in [0.1, 0.15) is 37.7 Å². The first-order chi connectivity index (χ1) is 8.84. The van der Waals surface area contributed by atoms with Crippen LogP contribution in [0.5, 0.6) is 0 Å². The fraction of sp³-hybridized carbons (Fsp3) is 0.533. The van der Waals surface area contributed by atoms with Gasteiger partial charge in [0.05, 0.1) is 5.69 Å². The standard InChI is InChI=1S/C15H19NO2/c17-15(18-13-7-2-1-3-8-13)16-11-10-12-6-4-5-9-14(12)16/h4-6,9,13H,1-3,7-8,10-11H2. The molecule has 0 radical (unpaired) electrons. The number of benzene rings is 1. The minimum atomic E-state index is -0.160. The molecular weight excluding hydrogens is 226 g/mol. The number of fused-ring (bicyclic) bond motifs is 1. The van der Waals surface area contributed by atoms with E-state index in [1.807, 2.05) is 18.2 Å². The molecule has 96 valence electrons. The SMILES string of the molecule is O=C(OC1CCCCC1)N1CCc2ccccc21. The molecule has 2 aliphatic rings. The van der Waals surface area contributed by atoms with Crippen molar-refractivity contribution < 1.29 is 9.53 Å². The van der Waals surface area contributed by atoms with Crippen molar-refractivity contribution in [3.8, 4) is 0 Å². The van der Waals surface area contributed by atoms with Crippen molar-refractivity contribution in [3.05, 3.63) is 29.8 Å². The first-order valence-electron chi connectivity index (χ1n) is 6.90. The molecule has 1 aliphatic carbocycles. The zero-order valence-corrected chi connectivity index (χ0v) is 10.6. The van der Waals surface area contributed by atoms with Crippen molar-refractivity contribution in [2.75, 3.05) is 11.4 Å². The molecule has 0 N–H and O–H groups in total. The van der Waals surface area contributed by atoms with Crippen LogP contribution in [0, 0.1) is 0 Å². The Morgan fingerprint density at radius 2 is 1.94 bits per heavy atom. The summed E-state index contributed by atoms with van der Waals surface area (Å²) in [6.45, 7) is 0.755. The first kappa shape index (κ1) is 11.6. The van der Waals surface area contributed by atoms with E-state index in [0.29, 0.717) is 0 Å². The maximum absolute atomic E-state index is 12.2. The highest BCUT2D eigenvalue weighted by atomic mass is 16.6. The Bertz CT molecular complexity index is 438. The number of rotatable bonds is 1. The third-order valence-electron chi connectivity index (χ3n) is 3.93. The van der Waals surface area contributed by atoms with E-state index in [2.05, 4.69) is 6.07 Å². The molecule has 1 heterocycles. The summed E-state index contributed by atoms with van der Waals surface area (Å²) < 4.78 is 5.62. The van der Waals surface area contributed by atoms with Gasteiger partial charge < -0.3 is 4.74 Å². The molecule has 18 heavy (non-hydrogen) atoms. The Morgan fingerprint density at radius 1 is 1.17 bits per heavy atom. The lowest BCUT2D eigenvalue weighted by molar-refractivity contribution is 0.0812. The average Bonchev–Trinajstić information content (AvgIpc) is 2.84. The second-order valence-corrected chi connectivity index (χ2v) is 5.17. The van der Waals surface area contributed by atoms with Crippen molar-refractivity contribution in [2.45, 2.75) is 44.6 Å². The number of hydrogen-bond acceptors (Lipinski definition) is 2. The largest absolute Gasteiger partial charge is 0.446 e. The zero-order valence-electron chi connectivity index (χ0n) is 10.6. The van der Waals surface area contributed by atoms with Crippen LogP contribution in [-0.2, 0) is 11.2 Å². The highest BCUT2D eigenvalue weighted by molar-refractivity contribution is 5.90. The highest BCUT2D eigenvalue weighted by Gasteiger charge is 2.27. The van der Waals surface area contributed by atoms with E-state index in [1.165, 1.54) is 24.8 Å².